The fourth-order valence-corrected chi connectivity index (χ4v) is 2.71. The highest BCUT2D eigenvalue weighted by atomic mass is 16.5. The summed E-state index contributed by atoms with van der Waals surface area (Å²) in [6.07, 6.45) is 2.93. The van der Waals surface area contributed by atoms with Gasteiger partial charge in [0.1, 0.15) is 5.75 Å². The molecule has 4 N–H and O–H groups in total. The van der Waals surface area contributed by atoms with Crippen LogP contribution in [-0.4, -0.2) is 44.7 Å². The first kappa shape index (κ1) is 18.1. The minimum atomic E-state index is -0.190. The predicted molar refractivity (Wildman–Crippen MR) is 93.6 cm³/mol. The molecule has 0 radical (unpaired) electrons. The maximum Gasteiger partial charge on any atom is 0.322 e. The maximum absolute atomic E-state index is 12.5. The van der Waals surface area contributed by atoms with Gasteiger partial charge in [-0.15, -0.1) is 0 Å². The van der Waals surface area contributed by atoms with Gasteiger partial charge in [-0.3, -0.25) is 9.69 Å². The van der Waals surface area contributed by atoms with Crippen LogP contribution in [0.3, 0.4) is 0 Å². The van der Waals surface area contributed by atoms with E-state index in [4.69, 9.17) is 10.5 Å². The van der Waals surface area contributed by atoms with E-state index in [9.17, 15) is 9.59 Å². The molecule has 0 aliphatic carbocycles. The molecular formula is C17H26N4O3. The van der Waals surface area contributed by atoms with Crippen LogP contribution in [0.25, 0.3) is 0 Å². The molecule has 132 valence electrons. The van der Waals surface area contributed by atoms with Crippen molar-refractivity contribution < 1.29 is 14.3 Å². The third-order valence-electron chi connectivity index (χ3n) is 4.11. The van der Waals surface area contributed by atoms with Gasteiger partial charge in [-0.25, -0.2) is 4.79 Å². The number of nitrogens with zero attached hydrogens (tertiary/aromatic N) is 1. The van der Waals surface area contributed by atoms with E-state index in [2.05, 4.69) is 17.6 Å². The number of rotatable bonds is 8. The summed E-state index contributed by atoms with van der Waals surface area (Å²) in [5.41, 5.74) is 6.82. The van der Waals surface area contributed by atoms with Crippen LogP contribution in [0.4, 0.5) is 10.5 Å². The lowest BCUT2D eigenvalue weighted by Crippen LogP contribution is -2.40. The number of anilines is 1. The van der Waals surface area contributed by atoms with E-state index in [0.717, 1.165) is 19.3 Å². The summed E-state index contributed by atoms with van der Waals surface area (Å²) in [6.45, 7) is 3.63. The van der Waals surface area contributed by atoms with Crippen molar-refractivity contribution in [2.45, 2.75) is 32.2 Å². The number of hydrogen-bond donors (Lipinski definition) is 3. The molecule has 0 saturated carbocycles. The summed E-state index contributed by atoms with van der Waals surface area (Å²) in [7, 11) is 1.54. The quantitative estimate of drug-likeness (QED) is 0.671. The molecule has 2 rings (SSSR count). The van der Waals surface area contributed by atoms with Crippen LogP contribution in [0.1, 0.15) is 36.5 Å². The number of ether oxygens (including phenoxy) is 1. The van der Waals surface area contributed by atoms with Gasteiger partial charge in [0.25, 0.3) is 5.91 Å². The van der Waals surface area contributed by atoms with E-state index in [1.807, 2.05) is 0 Å². The van der Waals surface area contributed by atoms with Gasteiger partial charge in [0.15, 0.2) is 0 Å². The Balaban J connectivity index is 2.18. The number of carbonyl (C=O) groups excluding carboxylic acids is 2. The lowest BCUT2D eigenvalue weighted by Gasteiger charge is -2.20. The van der Waals surface area contributed by atoms with Crippen molar-refractivity contribution in [1.82, 2.24) is 10.6 Å². The van der Waals surface area contributed by atoms with Gasteiger partial charge in [0.05, 0.1) is 12.8 Å². The fourth-order valence-electron chi connectivity index (χ4n) is 2.71. The van der Waals surface area contributed by atoms with Crippen LogP contribution in [0.2, 0.25) is 0 Å². The molecule has 0 aromatic heterocycles. The van der Waals surface area contributed by atoms with Gasteiger partial charge in [-0.1, -0.05) is 19.8 Å². The topological polar surface area (TPSA) is 96.7 Å². The first-order valence-electron chi connectivity index (χ1n) is 8.35. The summed E-state index contributed by atoms with van der Waals surface area (Å²) in [4.78, 5) is 26.0. The molecule has 24 heavy (non-hydrogen) atoms. The van der Waals surface area contributed by atoms with Crippen LogP contribution in [-0.2, 0) is 0 Å². The highest BCUT2D eigenvalue weighted by molar-refractivity contribution is 6.00. The Labute approximate surface area is 142 Å². The summed E-state index contributed by atoms with van der Waals surface area (Å²) in [6, 6.07) is 4.86. The lowest BCUT2D eigenvalue weighted by molar-refractivity contribution is 0.0935. The van der Waals surface area contributed by atoms with Gasteiger partial charge in [-0.2, -0.15) is 0 Å². The van der Waals surface area contributed by atoms with Gasteiger partial charge >= 0.3 is 6.03 Å². The Kier molecular flexibility index (Phi) is 6.43. The second kappa shape index (κ2) is 8.54. The van der Waals surface area contributed by atoms with E-state index in [1.165, 1.54) is 0 Å². The molecule has 1 aliphatic rings. The van der Waals surface area contributed by atoms with Crippen molar-refractivity contribution in [3.63, 3.8) is 0 Å². The van der Waals surface area contributed by atoms with Gasteiger partial charge in [-0.05, 0) is 24.6 Å². The Morgan fingerprint density at radius 1 is 1.50 bits per heavy atom. The number of unbranched alkanes of at least 4 members (excludes halogenated alkanes) is 1. The number of nitrogens with two attached hydrogens (primary N) is 1. The smallest absolute Gasteiger partial charge is 0.322 e. The van der Waals surface area contributed by atoms with Crippen LogP contribution in [0, 0.1) is 0 Å². The lowest BCUT2D eigenvalue weighted by atomic mass is 10.1. The monoisotopic (exact) mass is 334 g/mol. The van der Waals surface area contributed by atoms with E-state index < -0.39 is 0 Å². The molecule has 0 spiro atoms. The first-order valence-corrected chi connectivity index (χ1v) is 8.35. The molecule has 1 saturated heterocycles. The van der Waals surface area contributed by atoms with E-state index in [-0.39, 0.29) is 18.0 Å². The molecule has 3 amide bonds. The summed E-state index contributed by atoms with van der Waals surface area (Å²) < 4.78 is 5.32. The zero-order chi connectivity index (χ0) is 17.5. The SMILES string of the molecule is CCCCC(CN)NC(=O)c1ccc(OC)c(N2CCNC2=O)c1. The molecule has 7 heteroatoms. The zero-order valence-electron chi connectivity index (χ0n) is 14.3. The van der Waals surface area contributed by atoms with Crippen LogP contribution in [0.5, 0.6) is 5.75 Å². The standard InChI is InChI=1S/C17H26N4O3/c1-3-4-5-13(11-18)20-16(22)12-6-7-15(24-2)14(10-12)21-9-8-19-17(21)23/h6-7,10,13H,3-5,8-9,11,18H2,1-2H3,(H,19,23)(H,20,22). The van der Waals surface area contributed by atoms with Crippen molar-refractivity contribution in [3.05, 3.63) is 23.8 Å². The fraction of sp³-hybridized carbons (Fsp3) is 0.529. The molecule has 0 bridgehead atoms. The van der Waals surface area contributed by atoms with Crippen molar-refractivity contribution in [2.75, 3.05) is 31.6 Å². The highest BCUT2D eigenvalue weighted by Crippen LogP contribution is 2.30. The number of carbonyl (C=O) groups is 2. The van der Waals surface area contributed by atoms with Crippen molar-refractivity contribution in [2.24, 2.45) is 5.73 Å². The zero-order valence-corrected chi connectivity index (χ0v) is 14.3. The average molecular weight is 334 g/mol. The number of amides is 3. The minimum absolute atomic E-state index is 0.0434. The Morgan fingerprint density at radius 3 is 2.88 bits per heavy atom. The maximum atomic E-state index is 12.5. The average Bonchev–Trinajstić information content (AvgIpc) is 3.03. The number of hydrogen-bond acceptors (Lipinski definition) is 4. The second-order valence-electron chi connectivity index (χ2n) is 5.82. The number of benzene rings is 1. The van der Waals surface area contributed by atoms with Crippen molar-refractivity contribution in [3.8, 4) is 5.75 Å². The largest absolute Gasteiger partial charge is 0.495 e. The second-order valence-corrected chi connectivity index (χ2v) is 5.82. The normalized spacial score (nSPS) is 15.1. The minimum Gasteiger partial charge on any atom is -0.495 e. The van der Waals surface area contributed by atoms with Crippen molar-refractivity contribution in [1.29, 1.82) is 0 Å². The van der Waals surface area contributed by atoms with Gasteiger partial charge < -0.3 is 21.1 Å². The van der Waals surface area contributed by atoms with Crippen LogP contribution >= 0.6 is 0 Å². The van der Waals surface area contributed by atoms with E-state index >= 15 is 0 Å². The van der Waals surface area contributed by atoms with E-state index in [1.54, 1.807) is 30.2 Å². The van der Waals surface area contributed by atoms with Crippen molar-refractivity contribution >= 4 is 17.6 Å². The van der Waals surface area contributed by atoms with Crippen LogP contribution in [0.15, 0.2) is 18.2 Å². The Morgan fingerprint density at radius 2 is 2.29 bits per heavy atom. The number of urea groups is 1. The summed E-state index contributed by atoms with van der Waals surface area (Å²) in [5.74, 6) is 0.370. The Hall–Kier alpha value is -2.28. The molecule has 1 atom stereocenters. The Bertz CT molecular complexity index is 591. The molecule has 1 unspecified atom stereocenters. The third kappa shape index (κ3) is 4.17. The third-order valence-corrected chi connectivity index (χ3v) is 4.11. The molecule has 1 heterocycles. The molecule has 1 aliphatic heterocycles. The molecule has 1 aromatic carbocycles. The first-order chi connectivity index (χ1) is 11.6. The van der Waals surface area contributed by atoms with Gasteiger partial charge in [0.2, 0.25) is 0 Å². The van der Waals surface area contributed by atoms with Gasteiger partial charge in [0, 0.05) is 31.2 Å². The molecular weight excluding hydrogens is 308 g/mol. The number of nitrogens with one attached hydrogen (secondary N) is 2. The summed E-state index contributed by atoms with van der Waals surface area (Å²) >= 11 is 0. The van der Waals surface area contributed by atoms with Crippen LogP contribution < -0.4 is 26.0 Å². The highest BCUT2D eigenvalue weighted by Gasteiger charge is 2.25. The predicted octanol–water partition coefficient (Wildman–Crippen LogP) is 1.47. The molecule has 1 aromatic rings. The van der Waals surface area contributed by atoms with E-state index in [0.29, 0.717) is 36.6 Å². The number of methoxy groups -OCH3 is 1. The molecule has 7 nitrogen and oxygen atoms in total. The summed E-state index contributed by atoms with van der Waals surface area (Å²) in [5, 5.41) is 5.71. The molecule has 1 fully saturated rings.